The average Bonchev–Trinajstić information content (AvgIpc) is 2.26. The molecule has 2 atom stereocenters. The van der Waals surface area contributed by atoms with E-state index < -0.39 is 6.04 Å². The predicted octanol–water partition coefficient (Wildman–Crippen LogP) is 1.41. The first-order chi connectivity index (χ1) is 7.56. The number of carbonyl (C=O) groups is 2. The largest absolute Gasteiger partial charge is 0.467 e. The minimum atomic E-state index is -0.574. The van der Waals surface area contributed by atoms with Gasteiger partial charge in [-0.25, -0.2) is 4.79 Å². The molecule has 1 fully saturated rings. The van der Waals surface area contributed by atoms with E-state index in [1.54, 1.807) is 0 Å². The average molecular weight is 225 g/mol. The van der Waals surface area contributed by atoms with Crippen LogP contribution in [-0.2, 0) is 14.3 Å². The van der Waals surface area contributed by atoms with Gasteiger partial charge in [-0.2, -0.15) is 0 Å². The summed E-state index contributed by atoms with van der Waals surface area (Å²) in [6, 6.07) is -0.574. The monoisotopic (exact) mass is 225 g/mol. The first-order valence-electron chi connectivity index (χ1n) is 5.59. The molecule has 90 valence electrons. The van der Waals surface area contributed by atoms with Crippen molar-refractivity contribution in [3.63, 3.8) is 0 Å². The first-order valence-corrected chi connectivity index (χ1v) is 5.59. The molecule has 1 N–H and O–H groups in total. The van der Waals surface area contributed by atoms with Crippen molar-refractivity contribution in [2.75, 3.05) is 7.11 Å². The maximum absolute atomic E-state index is 11.6. The fourth-order valence-corrected chi connectivity index (χ4v) is 2.18. The van der Waals surface area contributed by atoms with Gasteiger partial charge in [-0.3, -0.25) is 4.79 Å². The van der Waals surface area contributed by atoms with Crippen LogP contribution in [0.5, 0.6) is 0 Å². The summed E-state index contributed by atoms with van der Waals surface area (Å²) in [4.78, 5) is 22.7. The minimum absolute atomic E-state index is 0.0186. The Hall–Kier alpha value is -1.32. The number of ether oxygens (including phenoxy) is 1. The summed E-state index contributed by atoms with van der Waals surface area (Å²) < 4.78 is 4.72. The summed E-state index contributed by atoms with van der Waals surface area (Å²) in [5.41, 5.74) is 1.04. The molecule has 4 nitrogen and oxygen atoms in total. The molecule has 0 heterocycles. The molecule has 0 aromatic rings. The van der Waals surface area contributed by atoms with Crippen molar-refractivity contribution in [1.82, 2.24) is 5.32 Å². The Labute approximate surface area is 96.0 Å². The number of esters is 1. The molecule has 16 heavy (non-hydrogen) atoms. The van der Waals surface area contributed by atoms with Crippen molar-refractivity contribution in [2.24, 2.45) is 5.92 Å². The number of methoxy groups -OCH3 is 1. The second kappa shape index (κ2) is 5.68. The van der Waals surface area contributed by atoms with Crippen molar-refractivity contribution in [1.29, 1.82) is 0 Å². The van der Waals surface area contributed by atoms with Gasteiger partial charge in [0.1, 0.15) is 6.04 Å². The van der Waals surface area contributed by atoms with Crippen molar-refractivity contribution in [2.45, 2.75) is 38.6 Å². The molecule has 0 aromatic carbocycles. The Morgan fingerprint density at radius 2 is 2.19 bits per heavy atom. The highest BCUT2D eigenvalue weighted by Crippen LogP contribution is 2.30. The highest BCUT2D eigenvalue weighted by atomic mass is 16.5. The summed E-state index contributed by atoms with van der Waals surface area (Å²) in [6.07, 6.45) is 4.00. The van der Waals surface area contributed by atoms with E-state index in [0.29, 0.717) is 0 Å². The Morgan fingerprint density at radius 1 is 1.50 bits per heavy atom. The Kier molecular flexibility index (Phi) is 4.52. The van der Waals surface area contributed by atoms with Crippen LogP contribution in [0.1, 0.15) is 32.6 Å². The van der Waals surface area contributed by atoms with Gasteiger partial charge in [0, 0.05) is 12.8 Å². The number of rotatable bonds is 3. The van der Waals surface area contributed by atoms with Crippen LogP contribution in [0, 0.1) is 5.92 Å². The molecule has 0 aliphatic heterocycles. The molecular formula is C12H19NO3. The van der Waals surface area contributed by atoms with Crippen LogP contribution in [0.15, 0.2) is 12.2 Å². The third-order valence-electron chi connectivity index (χ3n) is 3.00. The Morgan fingerprint density at radius 3 is 2.69 bits per heavy atom. The Balaban J connectivity index is 2.77. The molecule has 1 amide bonds. The Bertz CT molecular complexity index is 299. The molecule has 1 saturated carbocycles. The molecule has 0 radical (unpaired) electrons. The smallest absolute Gasteiger partial charge is 0.328 e. The lowest BCUT2D eigenvalue weighted by Gasteiger charge is -2.30. The molecular weight excluding hydrogens is 206 g/mol. The second-order valence-electron chi connectivity index (χ2n) is 4.21. The zero-order valence-electron chi connectivity index (χ0n) is 9.91. The quantitative estimate of drug-likeness (QED) is 0.583. The SMILES string of the molecule is C=C1CCCCC1C(NC(C)=O)C(=O)OC. The van der Waals surface area contributed by atoms with Crippen LogP contribution in [0.25, 0.3) is 0 Å². The molecule has 4 heteroatoms. The third-order valence-corrected chi connectivity index (χ3v) is 3.00. The topological polar surface area (TPSA) is 55.4 Å². The number of hydrogen-bond acceptors (Lipinski definition) is 3. The van der Waals surface area contributed by atoms with Gasteiger partial charge in [0.05, 0.1) is 7.11 Å². The highest BCUT2D eigenvalue weighted by molar-refractivity contribution is 5.83. The number of amides is 1. The summed E-state index contributed by atoms with van der Waals surface area (Å²) >= 11 is 0. The van der Waals surface area contributed by atoms with Crippen molar-refractivity contribution < 1.29 is 14.3 Å². The van der Waals surface area contributed by atoms with Gasteiger partial charge in [-0.05, 0) is 19.3 Å². The first kappa shape index (κ1) is 12.7. The molecule has 0 spiro atoms. The standard InChI is InChI=1S/C12H19NO3/c1-8-6-4-5-7-10(8)11(12(15)16-3)13-9(2)14/h10-11H,1,4-7H2,2-3H3,(H,13,14). The molecule has 0 saturated heterocycles. The van der Waals surface area contributed by atoms with Crippen molar-refractivity contribution >= 4 is 11.9 Å². The van der Waals surface area contributed by atoms with Crippen molar-refractivity contribution in [3.05, 3.63) is 12.2 Å². The van der Waals surface area contributed by atoms with E-state index in [4.69, 9.17) is 4.74 Å². The highest BCUT2D eigenvalue weighted by Gasteiger charge is 2.32. The zero-order valence-corrected chi connectivity index (χ0v) is 9.91. The van der Waals surface area contributed by atoms with Crippen LogP contribution >= 0.6 is 0 Å². The number of carbonyl (C=O) groups excluding carboxylic acids is 2. The number of nitrogens with one attached hydrogen (secondary N) is 1. The van der Waals surface area contributed by atoms with Gasteiger partial charge >= 0.3 is 5.97 Å². The summed E-state index contributed by atoms with van der Waals surface area (Å²) in [6.45, 7) is 5.39. The lowest BCUT2D eigenvalue weighted by Crippen LogP contribution is -2.46. The van der Waals surface area contributed by atoms with Gasteiger partial charge in [0.15, 0.2) is 0 Å². The fraction of sp³-hybridized carbons (Fsp3) is 0.667. The van der Waals surface area contributed by atoms with Gasteiger partial charge in [-0.15, -0.1) is 0 Å². The van der Waals surface area contributed by atoms with Gasteiger partial charge in [-0.1, -0.05) is 18.6 Å². The molecule has 0 bridgehead atoms. The molecule has 2 unspecified atom stereocenters. The van der Waals surface area contributed by atoms with Crippen LogP contribution < -0.4 is 5.32 Å². The summed E-state index contributed by atoms with van der Waals surface area (Å²) in [5, 5.41) is 2.66. The van der Waals surface area contributed by atoms with E-state index >= 15 is 0 Å². The maximum Gasteiger partial charge on any atom is 0.328 e. The molecule has 1 aliphatic rings. The van der Waals surface area contributed by atoms with Gasteiger partial charge in [0.25, 0.3) is 0 Å². The lowest BCUT2D eigenvalue weighted by atomic mass is 9.80. The van der Waals surface area contributed by atoms with Crippen LogP contribution in [0.4, 0.5) is 0 Å². The summed E-state index contributed by atoms with van der Waals surface area (Å²) in [5.74, 6) is -0.581. The van der Waals surface area contributed by atoms with E-state index in [-0.39, 0.29) is 17.8 Å². The van der Waals surface area contributed by atoms with Crippen LogP contribution in [0.2, 0.25) is 0 Å². The zero-order chi connectivity index (χ0) is 12.1. The lowest BCUT2D eigenvalue weighted by molar-refractivity contribution is -0.146. The molecule has 1 aliphatic carbocycles. The van der Waals surface area contributed by atoms with E-state index in [0.717, 1.165) is 31.3 Å². The third kappa shape index (κ3) is 3.08. The summed E-state index contributed by atoms with van der Waals surface area (Å²) in [7, 11) is 1.34. The van der Waals surface area contributed by atoms with Crippen LogP contribution in [-0.4, -0.2) is 25.0 Å². The minimum Gasteiger partial charge on any atom is -0.467 e. The van der Waals surface area contributed by atoms with E-state index in [1.807, 2.05) is 0 Å². The van der Waals surface area contributed by atoms with E-state index in [9.17, 15) is 9.59 Å². The maximum atomic E-state index is 11.6. The fourth-order valence-electron chi connectivity index (χ4n) is 2.18. The van der Waals surface area contributed by atoms with E-state index in [2.05, 4.69) is 11.9 Å². The van der Waals surface area contributed by atoms with Gasteiger partial charge < -0.3 is 10.1 Å². The molecule has 0 aromatic heterocycles. The van der Waals surface area contributed by atoms with Crippen molar-refractivity contribution in [3.8, 4) is 0 Å². The van der Waals surface area contributed by atoms with Gasteiger partial charge in [0.2, 0.25) is 5.91 Å². The predicted molar refractivity (Wildman–Crippen MR) is 60.7 cm³/mol. The number of hydrogen-bond donors (Lipinski definition) is 1. The van der Waals surface area contributed by atoms with E-state index in [1.165, 1.54) is 14.0 Å². The second-order valence-corrected chi connectivity index (χ2v) is 4.21. The molecule has 1 rings (SSSR count). The normalized spacial score (nSPS) is 22.4. The van der Waals surface area contributed by atoms with Crippen LogP contribution in [0.3, 0.4) is 0 Å².